The number of amidine groups is 1. The molecule has 0 unspecified atom stereocenters. The molecule has 0 amide bonds. The molecule has 0 saturated carbocycles. The van der Waals surface area contributed by atoms with Gasteiger partial charge in [-0.05, 0) is 12.5 Å². The zero-order valence-electron chi connectivity index (χ0n) is 13.0. The summed E-state index contributed by atoms with van der Waals surface area (Å²) in [5.74, 6) is 0.952. The Balaban J connectivity index is 4.09. The molecule has 0 bridgehead atoms. The van der Waals surface area contributed by atoms with Gasteiger partial charge in [-0.1, -0.05) is 47.0 Å². The molecule has 4 heteroatoms. The van der Waals surface area contributed by atoms with Crippen molar-refractivity contribution in [1.29, 1.82) is 0 Å². The Hall–Kier alpha value is -0.613. The summed E-state index contributed by atoms with van der Waals surface area (Å²) in [5.41, 5.74) is 0.0380. The van der Waals surface area contributed by atoms with E-state index in [2.05, 4.69) is 57.3 Å². The summed E-state index contributed by atoms with van der Waals surface area (Å²) in [6.07, 6.45) is 2.61. The number of hydrogen-bond donors (Lipinski definition) is 1. The van der Waals surface area contributed by atoms with E-state index in [1.807, 2.05) is 0 Å². The Kier molecular flexibility index (Phi) is 7.48. The molecular formula is C14H30N2OSi. The van der Waals surface area contributed by atoms with E-state index in [-0.39, 0.29) is 5.41 Å². The molecular weight excluding hydrogens is 240 g/mol. The molecule has 0 saturated heterocycles. The van der Waals surface area contributed by atoms with Crippen LogP contribution in [0.5, 0.6) is 0 Å². The molecule has 0 rings (SSSR count). The predicted octanol–water partition coefficient (Wildman–Crippen LogP) is 3.87. The Morgan fingerprint density at radius 3 is 2.44 bits per heavy atom. The Morgan fingerprint density at radius 2 is 2.00 bits per heavy atom. The first-order valence-electron chi connectivity index (χ1n) is 6.74. The normalized spacial score (nSPS) is 13.6. The Bertz CT molecular complexity index is 280. The zero-order valence-corrected chi connectivity index (χ0v) is 14.0. The molecule has 0 aromatic heterocycles. The molecule has 0 aliphatic rings. The van der Waals surface area contributed by atoms with E-state index < -0.39 is 8.07 Å². The second-order valence-electron chi connectivity index (χ2n) is 6.44. The molecule has 1 N–H and O–H groups in total. The first kappa shape index (κ1) is 17.4. The number of rotatable bonds is 8. The average molecular weight is 270 g/mol. The van der Waals surface area contributed by atoms with Crippen molar-refractivity contribution in [1.82, 2.24) is 5.32 Å². The third kappa shape index (κ3) is 7.66. The molecule has 0 atom stereocenters. The van der Waals surface area contributed by atoms with E-state index in [0.717, 1.165) is 18.9 Å². The summed E-state index contributed by atoms with van der Waals surface area (Å²) in [4.78, 5) is 4.31. The van der Waals surface area contributed by atoms with Crippen LogP contribution in [0, 0.1) is 5.41 Å². The van der Waals surface area contributed by atoms with Gasteiger partial charge in [-0.15, -0.1) is 0 Å². The van der Waals surface area contributed by atoms with Crippen LogP contribution in [-0.2, 0) is 4.74 Å². The summed E-state index contributed by atoms with van der Waals surface area (Å²) in [6.45, 7) is 18.6. The van der Waals surface area contributed by atoms with Gasteiger partial charge in [-0.2, -0.15) is 0 Å². The largest absolute Gasteiger partial charge is 0.362 e. The number of nitrogens with zero attached hydrogens (tertiary/aromatic N) is 1. The smallest absolute Gasteiger partial charge is 0.117 e. The minimum absolute atomic E-state index is 0.0380. The maximum atomic E-state index is 5.63. The first-order valence-corrected chi connectivity index (χ1v) is 10.4. The van der Waals surface area contributed by atoms with Gasteiger partial charge in [0.2, 0.25) is 0 Å². The molecule has 0 fully saturated rings. The third-order valence-electron chi connectivity index (χ3n) is 3.08. The van der Waals surface area contributed by atoms with Gasteiger partial charge in [-0.25, -0.2) is 4.99 Å². The van der Waals surface area contributed by atoms with Crippen molar-refractivity contribution in [2.45, 2.75) is 52.9 Å². The van der Waals surface area contributed by atoms with Gasteiger partial charge in [-0.3, -0.25) is 0 Å². The number of ether oxygens (including phenoxy) is 1. The summed E-state index contributed by atoms with van der Waals surface area (Å²) >= 11 is 0. The summed E-state index contributed by atoms with van der Waals surface area (Å²) in [5, 5.41) is 3.27. The molecule has 0 heterocycles. The third-order valence-corrected chi connectivity index (χ3v) is 4.79. The van der Waals surface area contributed by atoms with E-state index in [0.29, 0.717) is 6.73 Å². The number of aliphatic imine (C=N–C) groups is 1. The highest BCUT2D eigenvalue weighted by atomic mass is 28.3. The lowest BCUT2D eigenvalue weighted by atomic mass is 9.88. The maximum Gasteiger partial charge on any atom is 0.117 e. The molecule has 0 radical (unpaired) electrons. The molecule has 0 aromatic carbocycles. The Morgan fingerprint density at radius 1 is 1.39 bits per heavy atom. The standard InChI is InChI=1S/C14H30N2OSi/c1-8-14(3,4)13(15-9-2)16-12-17-10-11-18(5,6)7/h9H,2,8,10-12H2,1,3-7H3,(H,15,16). The number of nitrogens with one attached hydrogen (secondary N) is 1. The van der Waals surface area contributed by atoms with Crippen LogP contribution in [0.3, 0.4) is 0 Å². The van der Waals surface area contributed by atoms with Crippen molar-refractivity contribution in [3.63, 3.8) is 0 Å². The van der Waals surface area contributed by atoms with E-state index in [1.54, 1.807) is 6.20 Å². The highest BCUT2D eigenvalue weighted by Gasteiger charge is 2.22. The van der Waals surface area contributed by atoms with Gasteiger partial charge in [0.1, 0.15) is 12.6 Å². The van der Waals surface area contributed by atoms with Crippen LogP contribution in [0.15, 0.2) is 17.8 Å². The van der Waals surface area contributed by atoms with Gasteiger partial charge < -0.3 is 10.1 Å². The molecule has 18 heavy (non-hydrogen) atoms. The van der Waals surface area contributed by atoms with Gasteiger partial charge >= 0.3 is 0 Å². The molecule has 0 aliphatic heterocycles. The second kappa shape index (κ2) is 7.74. The second-order valence-corrected chi connectivity index (χ2v) is 12.1. The molecule has 0 spiro atoms. The molecule has 0 aliphatic carbocycles. The van der Waals surface area contributed by atoms with Crippen LogP contribution in [0.25, 0.3) is 0 Å². The predicted molar refractivity (Wildman–Crippen MR) is 83.8 cm³/mol. The fraction of sp³-hybridized carbons (Fsp3) is 0.786. The minimum atomic E-state index is -0.992. The van der Waals surface area contributed by atoms with E-state index in [9.17, 15) is 0 Å². The number of hydrogen-bond acceptors (Lipinski definition) is 2. The highest BCUT2D eigenvalue weighted by molar-refractivity contribution is 6.76. The van der Waals surface area contributed by atoms with Crippen LogP contribution < -0.4 is 5.32 Å². The summed E-state index contributed by atoms with van der Waals surface area (Å²) in [6, 6.07) is 1.19. The van der Waals surface area contributed by atoms with Crippen molar-refractivity contribution in [3.05, 3.63) is 12.8 Å². The van der Waals surface area contributed by atoms with E-state index in [1.165, 1.54) is 6.04 Å². The van der Waals surface area contributed by atoms with Gasteiger partial charge in [0, 0.05) is 26.3 Å². The maximum absolute atomic E-state index is 5.63. The lowest BCUT2D eigenvalue weighted by Gasteiger charge is -2.26. The van der Waals surface area contributed by atoms with Crippen LogP contribution >= 0.6 is 0 Å². The quantitative estimate of drug-likeness (QED) is 0.239. The first-order chi connectivity index (χ1) is 8.23. The zero-order chi connectivity index (χ0) is 14.2. The monoisotopic (exact) mass is 270 g/mol. The van der Waals surface area contributed by atoms with Crippen molar-refractivity contribution in [3.8, 4) is 0 Å². The van der Waals surface area contributed by atoms with Crippen molar-refractivity contribution < 1.29 is 4.74 Å². The Labute approximate surface area is 114 Å². The van der Waals surface area contributed by atoms with Crippen molar-refractivity contribution in [2.75, 3.05) is 13.3 Å². The van der Waals surface area contributed by atoms with Gasteiger partial charge in [0.15, 0.2) is 0 Å². The average Bonchev–Trinajstić information content (AvgIpc) is 2.25. The van der Waals surface area contributed by atoms with Crippen molar-refractivity contribution >= 4 is 13.9 Å². The highest BCUT2D eigenvalue weighted by Crippen LogP contribution is 2.20. The SMILES string of the molecule is C=C/N=C(/NCOCC[Si](C)(C)C)C(C)(C)CC. The van der Waals surface area contributed by atoms with E-state index >= 15 is 0 Å². The van der Waals surface area contributed by atoms with Gasteiger partial charge in [0.25, 0.3) is 0 Å². The molecule has 106 valence electrons. The fourth-order valence-electron chi connectivity index (χ4n) is 1.29. The lowest BCUT2D eigenvalue weighted by Crippen LogP contribution is -2.38. The van der Waals surface area contributed by atoms with Crippen LogP contribution in [0.2, 0.25) is 25.7 Å². The lowest BCUT2D eigenvalue weighted by molar-refractivity contribution is 0.139. The van der Waals surface area contributed by atoms with Crippen LogP contribution in [0.4, 0.5) is 0 Å². The van der Waals surface area contributed by atoms with E-state index in [4.69, 9.17) is 4.74 Å². The topological polar surface area (TPSA) is 33.6 Å². The minimum Gasteiger partial charge on any atom is -0.362 e. The van der Waals surface area contributed by atoms with Gasteiger partial charge in [0.05, 0.1) is 0 Å². The summed E-state index contributed by atoms with van der Waals surface area (Å²) in [7, 11) is -0.992. The summed E-state index contributed by atoms with van der Waals surface area (Å²) < 4.78 is 5.63. The fourth-order valence-corrected chi connectivity index (χ4v) is 2.05. The van der Waals surface area contributed by atoms with Crippen LogP contribution in [0.1, 0.15) is 27.2 Å². The van der Waals surface area contributed by atoms with Crippen LogP contribution in [-0.4, -0.2) is 27.2 Å². The molecule has 0 aromatic rings. The molecule has 3 nitrogen and oxygen atoms in total. The van der Waals surface area contributed by atoms with Crippen molar-refractivity contribution in [2.24, 2.45) is 10.4 Å².